The monoisotopic (exact) mass is 478 g/mol. The van der Waals surface area contributed by atoms with Crippen molar-refractivity contribution in [2.45, 2.75) is 44.2 Å². The summed E-state index contributed by atoms with van der Waals surface area (Å²) in [5.74, 6) is 0.877. The lowest BCUT2D eigenvalue weighted by atomic mass is 9.83. The van der Waals surface area contributed by atoms with Crippen molar-refractivity contribution < 1.29 is 19.1 Å². The molecule has 2 bridgehead atoms. The summed E-state index contributed by atoms with van der Waals surface area (Å²) in [6.07, 6.45) is 2.01. The minimum Gasteiger partial charge on any atom is -0.497 e. The van der Waals surface area contributed by atoms with Gasteiger partial charge in [0.1, 0.15) is 11.8 Å². The van der Waals surface area contributed by atoms with Crippen molar-refractivity contribution in [3.05, 3.63) is 64.1 Å². The number of carbonyl (C=O) groups excluding carboxylic acids is 3. The average Bonchev–Trinajstić information content (AvgIpc) is 3.14. The Morgan fingerprint density at radius 3 is 2.63 bits per heavy atom. The standard InChI is InChI=1S/C26H30N4O5/c1-35-20-7-5-17(6-8-20)11-12-29-25(33)21(27-26(29)34)9-10-23(31)28-14-18-13-19(16-28)22-3-2-4-24(32)30(22)15-18/h2-8,18-19,21H,9-16H2,1H3,(H,27,34)/t18?,19?,21-/m0/s1. The number of nitrogens with zero attached hydrogens (tertiary/aromatic N) is 3. The molecule has 2 unspecified atom stereocenters. The van der Waals surface area contributed by atoms with Crippen LogP contribution in [-0.2, 0) is 22.6 Å². The molecule has 0 radical (unpaired) electrons. The Morgan fingerprint density at radius 2 is 1.86 bits per heavy atom. The van der Waals surface area contributed by atoms with Crippen LogP contribution in [-0.4, -0.2) is 65.0 Å². The van der Waals surface area contributed by atoms with Crippen molar-refractivity contribution in [1.29, 1.82) is 0 Å². The molecule has 5 rings (SSSR count). The number of carbonyl (C=O) groups is 3. The SMILES string of the molecule is COc1ccc(CCN2C(=O)N[C@@H](CCC(=O)N3CC4CC(C3)c3cccc(=O)n3C4)C2=O)cc1. The molecule has 184 valence electrons. The smallest absolute Gasteiger partial charge is 0.324 e. The van der Waals surface area contributed by atoms with Crippen LogP contribution in [0.15, 0.2) is 47.3 Å². The van der Waals surface area contributed by atoms with Crippen LogP contribution in [0.2, 0.25) is 0 Å². The molecule has 2 saturated heterocycles. The fourth-order valence-electron chi connectivity index (χ4n) is 5.54. The quantitative estimate of drug-likeness (QED) is 0.611. The first-order valence-corrected chi connectivity index (χ1v) is 12.1. The number of rotatable bonds is 7. The number of hydrogen-bond donors (Lipinski definition) is 1. The molecular formula is C26H30N4O5. The summed E-state index contributed by atoms with van der Waals surface area (Å²) >= 11 is 0. The lowest BCUT2D eigenvalue weighted by Gasteiger charge is -2.42. The van der Waals surface area contributed by atoms with Crippen molar-refractivity contribution >= 4 is 17.8 Å². The Hall–Kier alpha value is -3.62. The second-order valence-corrected chi connectivity index (χ2v) is 9.63. The predicted molar refractivity (Wildman–Crippen MR) is 128 cm³/mol. The largest absolute Gasteiger partial charge is 0.497 e. The van der Waals surface area contributed by atoms with Crippen LogP contribution in [0.25, 0.3) is 0 Å². The number of nitrogens with one attached hydrogen (secondary N) is 1. The first-order chi connectivity index (χ1) is 16.9. The number of pyridine rings is 1. The third-order valence-corrected chi connectivity index (χ3v) is 7.37. The third-order valence-electron chi connectivity index (χ3n) is 7.37. The number of imide groups is 1. The Labute approximate surface area is 203 Å². The van der Waals surface area contributed by atoms with Gasteiger partial charge < -0.3 is 19.5 Å². The molecule has 2 fully saturated rings. The summed E-state index contributed by atoms with van der Waals surface area (Å²) in [7, 11) is 1.60. The molecule has 4 heterocycles. The van der Waals surface area contributed by atoms with E-state index in [0.29, 0.717) is 26.1 Å². The van der Waals surface area contributed by atoms with E-state index in [-0.39, 0.29) is 48.6 Å². The Morgan fingerprint density at radius 1 is 1.06 bits per heavy atom. The van der Waals surface area contributed by atoms with Crippen LogP contribution in [0.3, 0.4) is 0 Å². The predicted octanol–water partition coefficient (Wildman–Crippen LogP) is 1.75. The second kappa shape index (κ2) is 9.56. The van der Waals surface area contributed by atoms with E-state index in [1.165, 1.54) is 4.90 Å². The fourth-order valence-corrected chi connectivity index (χ4v) is 5.54. The van der Waals surface area contributed by atoms with E-state index in [0.717, 1.165) is 23.4 Å². The van der Waals surface area contributed by atoms with Gasteiger partial charge in [-0.15, -0.1) is 0 Å². The third kappa shape index (κ3) is 4.67. The van der Waals surface area contributed by atoms with Crippen LogP contribution in [0.1, 0.15) is 36.4 Å². The Bertz CT molecular complexity index is 1190. The minimum atomic E-state index is -0.675. The van der Waals surface area contributed by atoms with Crippen LogP contribution in [0.5, 0.6) is 5.75 Å². The molecule has 3 aliphatic rings. The van der Waals surface area contributed by atoms with E-state index in [9.17, 15) is 19.2 Å². The summed E-state index contributed by atoms with van der Waals surface area (Å²) in [6, 6.07) is 11.8. The summed E-state index contributed by atoms with van der Waals surface area (Å²) in [5, 5.41) is 2.73. The van der Waals surface area contributed by atoms with Crippen molar-refractivity contribution in [2.75, 3.05) is 26.7 Å². The highest BCUT2D eigenvalue weighted by molar-refractivity contribution is 6.04. The van der Waals surface area contributed by atoms with E-state index in [2.05, 4.69) is 5.32 Å². The number of urea groups is 1. The van der Waals surface area contributed by atoms with E-state index in [4.69, 9.17) is 4.74 Å². The van der Waals surface area contributed by atoms with Crippen LogP contribution < -0.4 is 15.6 Å². The van der Waals surface area contributed by atoms with Crippen molar-refractivity contribution in [2.24, 2.45) is 5.92 Å². The number of ether oxygens (including phenoxy) is 1. The maximum atomic E-state index is 13.0. The van der Waals surface area contributed by atoms with Crippen molar-refractivity contribution in [1.82, 2.24) is 19.7 Å². The Balaban J connectivity index is 1.14. The summed E-state index contributed by atoms with van der Waals surface area (Å²) in [6.45, 7) is 2.12. The normalized spacial score (nSPS) is 23.2. The zero-order valence-electron chi connectivity index (χ0n) is 19.8. The lowest BCUT2D eigenvalue weighted by Crippen LogP contribution is -2.49. The van der Waals surface area contributed by atoms with Gasteiger partial charge >= 0.3 is 6.03 Å². The van der Waals surface area contributed by atoms with Gasteiger partial charge in [0.25, 0.3) is 11.5 Å². The lowest BCUT2D eigenvalue weighted by molar-refractivity contribution is -0.134. The van der Waals surface area contributed by atoms with Crippen molar-refractivity contribution in [3.63, 3.8) is 0 Å². The minimum absolute atomic E-state index is 0.00911. The molecule has 1 N–H and O–H groups in total. The van der Waals surface area contributed by atoms with Crippen LogP contribution in [0, 0.1) is 5.92 Å². The van der Waals surface area contributed by atoms with E-state index in [1.807, 2.05) is 39.8 Å². The molecule has 9 nitrogen and oxygen atoms in total. The molecule has 35 heavy (non-hydrogen) atoms. The molecule has 1 aromatic carbocycles. The first-order valence-electron chi connectivity index (χ1n) is 12.1. The molecule has 2 aromatic rings. The number of benzene rings is 1. The molecule has 1 aromatic heterocycles. The van der Waals surface area contributed by atoms with Gasteiger partial charge in [-0.2, -0.15) is 0 Å². The summed E-state index contributed by atoms with van der Waals surface area (Å²) in [5.41, 5.74) is 2.02. The van der Waals surface area contributed by atoms with E-state index >= 15 is 0 Å². The van der Waals surface area contributed by atoms with Crippen LogP contribution in [0.4, 0.5) is 4.79 Å². The van der Waals surface area contributed by atoms with Gasteiger partial charge in [-0.25, -0.2) is 4.79 Å². The van der Waals surface area contributed by atoms with Crippen LogP contribution >= 0.6 is 0 Å². The first kappa shape index (κ1) is 23.1. The number of hydrogen-bond acceptors (Lipinski definition) is 5. The zero-order chi connectivity index (χ0) is 24.5. The number of aromatic nitrogens is 1. The molecule has 9 heteroatoms. The molecule has 3 atom stereocenters. The van der Waals surface area contributed by atoms with Crippen molar-refractivity contribution in [3.8, 4) is 5.75 Å². The average molecular weight is 479 g/mol. The summed E-state index contributed by atoms with van der Waals surface area (Å²) in [4.78, 5) is 53.5. The Kier molecular flexibility index (Phi) is 6.32. The maximum Gasteiger partial charge on any atom is 0.324 e. The highest BCUT2D eigenvalue weighted by atomic mass is 16.5. The number of fused-ring (bicyclic) bond motifs is 4. The van der Waals surface area contributed by atoms with Gasteiger partial charge in [0.2, 0.25) is 5.91 Å². The molecule has 3 aliphatic heterocycles. The highest BCUT2D eigenvalue weighted by Gasteiger charge is 2.39. The number of amides is 4. The van der Waals surface area contributed by atoms with E-state index < -0.39 is 12.1 Å². The van der Waals surface area contributed by atoms with Gasteiger partial charge in [-0.05, 0) is 48.9 Å². The van der Waals surface area contributed by atoms with Gasteiger partial charge in [-0.1, -0.05) is 18.2 Å². The highest BCUT2D eigenvalue weighted by Crippen LogP contribution is 2.35. The molecule has 0 spiro atoms. The second-order valence-electron chi connectivity index (χ2n) is 9.63. The van der Waals surface area contributed by atoms with Gasteiger partial charge in [0.15, 0.2) is 0 Å². The van der Waals surface area contributed by atoms with Gasteiger partial charge in [0.05, 0.1) is 7.11 Å². The summed E-state index contributed by atoms with van der Waals surface area (Å²) < 4.78 is 6.99. The van der Waals surface area contributed by atoms with E-state index in [1.54, 1.807) is 19.2 Å². The number of piperidine rings is 1. The number of methoxy groups -OCH3 is 1. The molecule has 0 aliphatic carbocycles. The number of likely N-dealkylation sites (tertiary alicyclic amines) is 1. The fraction of sp³-hybridized carbons (Fsp3) is 0.462. The topological polar surface area (TPSA) is 101 Å². The maximum absolute atomic E-state index is 13.0. The molecular weight excluding hydrogens is 448 g/mol. The van der Waals surface area contributed by atoms with Gasteiger partial charge in [-0.3, -0.25) is 19.3 Å². The zero-order valence-corrected chi connectivity index (χ0v) is 19.8. The van der Waals surface area contributed by atoms with Gasteiger partial charge in [0, 0.05) is 50.3 Å². The molecule has 0 saturated carbocycles. The molecule has 4 amide bonds.